The third kappa shape index (κ3) is 6.53. The SMILES string of the molecule is CCCCCCCCc1ccc(C(=O)COC)cc1. The van der Waals surface area contributed by atoms with Gasteiger partial charge in [-0.2, -0.15) is 0 Å². The van der Waals surface area contributed by atoms with E-state index in [1.807, 2.05) is 12.1 Å². The van der Waals surface area contributed by atoms with Crippen molar-refractivity contribution < 1.29 is 9.53 Å². The van der Waals surface area contributed by atoms with E-state index >= 15 is 0 Å². The number of ether oxygens (including phenoxy) is 1. The van der Waals surface area contributed by atoms with Crippen molar-refractivity contribution in [2.45, 2.75) is 51.9 Å². The van der Waals surface area contributed by atoms with Crippen LogP contribution in [0.5, 0.6) is 0 Å². The van der Waals surface area contributed by atoms with Crippen LogP contribution in [-0.4, -0.2) is 19.5 Å². The number of ketones is 1. The third-order valence-electron chi connectivity index (χ3n) is 3.37. The number of carbonyl (C=O) groups excluding carboxylic acids is 1. The van der Waals surface area contributed by atoms with Crippen molar-refractivity contribution in [1.29, 1.82) is 0 Å². The van der Waals surface area contributed by atoms with Crippen LogP contribution in [0.3, 0.4) is 0 Å². The second kappa shape index (κ2) is 9.74. The van der Waals surface area contributed by atoms with Crippen LogP contribution < -0.4 is 0 Å². The maximum atomic E-state index is 11.6. The molecule has 1 rings (SSSR count). The average Bonchev–Trinajstić information content (AvgIpc) is 2.43. The Morgan fingerprint density at radius 2 is 1.63 bits per heavy atom. The van der Waals surface area contributed by atoms with E-state index in [0.29, 0.717) is 0 Å². The number of benzene rings is 1. The highest BCUT2D eigenvalue weighted by Gasteiger charge is 2.04. The maximum absolute atomic E-state index is 11.6. The molecule has 2 heteroatoms. The first-order valence-electron chi connectivity index (χ1n) is 7.39. The van der Waals surface area contributed by atoms with Gasteiger partial charge in [0, 0.05) is 12.7 Å². The molecule has 0 saturated heterocycles. The second-order valence-corrected chi connectivity index (χ2v) is 5.07. The molecule has 19 heavy (non-hydrogen) atoms. The van der Waals surface area contributed by atoms with Gasteiger partial charge in [-0.05, 0) is 18.4 Å². The maximum Gasteiger partial charge on any atom is 0.188 e. The molecule has 0 aliphatic heterocycles. The molecule has 0 fully saturated rings. The summed E-state index contributed by atoms with van der Waals surface area (Å²) in [5, 5.41) is 0. The highest BCUT2D eigenvalue weighted by Crippen LogP contribution is 2.11. The number of carbonyl (C=O) groups is 1. The van der Waals surface area contributed by atoms with Gasteiger partial charge in [-0.15, -0.1) is 0 Å². The van der Waals surface area contributed by atoms with Gasteiger partial charge in [-0.3, -0.25) is 4.79 Å². The molecule has 0 spiro atoms. The second-order valence-electron chi connectivity index (χ2n) is 5.07. The van der Waals surface area contributed by atoms with Gasteiger partial charge in [-0.25, -0.2) is 0 Å². The molecule has 0 amide bonds. The number of hydrogen-bond acceptors (Lipinski definition) is 2. The summed E-state index contributed by atoms with van der Waals surface area (Å²) in [5.74, 6) is 0.0496. The molecule has 0 aromatic heterocycles. The third-order valence-corrected chi connectivity index (χ3v) is 3.37. The summed E-state index contributed by atoms with van der Waals surface area (Å²) in [6, 6.07) is 7.95. The minimum absolute atomic E-state index is 0.0496. The van der Waals surface area contributed by atoms with Crippen LogP contribution >= 0.6 is 0 Å². The quantitative estimate of drug-likeness (QED) is 0.461. The van der Waals surface area contributed by atoms with Crippen LogP contribution in [0.25, 0.3) is 0 Å². The Hall–Kier alpha value is -1.15. The zero-order valence-electron chi connectivity index (χ0n) is 12.3. The van der Waals surface area contributed by atoms with Gasteiger partial charge in [0.2, 0.25) is 0 Å². The van der Waals surface area contributed by atoms with E-state index in [1.165, 1.54) is 44.1 Å². The number of unbranched alkanes of at least 4 members (excludes halogenated alkanes) is 5. The van der Waals surface area contributed by atoms with Gasteiger partial charge in [0.1, 0.15) is 6.61 Å². The molecule has 1 aromatic carbocycles. The highest BCUT2D eigenvalue weighted by atomic mass is 16.5. The molecule has 106 valence electrons. The van der Waals surface area contributed by atoms with Crippen molar-refractivity contribution in [3.63, 3.8) is 0 Å². The Kier molecular flexibility index (Phi) is 8.15. The van der Waals surface area contributed by atoms with Crippen LogP contribution in [0.2, 0.25) is 0 Å². The lowest BCUT2D eigenvalue weighted by molar-refractivity contribution is 0.0848. The lowest BCUT2D eigenvalue weighted by Gasteiger charge is -2.04. The zero-order valence-corrected chi connectivity index (χ0v) is 12.3. The molecular weight excluding hydrogens is 236 g/mol. The molecule has 0 unspecified atom stereocenters. The molecule has 0 atom stereocenters. The van der Waals surface area contributed by atoms with Gasteiger partial charge in [0.15, 0.2) is 5.78 Å². The van der Waals surface area contributed by atoms with Crippen molar-refractivity contribution >= 4 is 5.78 Å². The van der Waals surface area contributed by atoms with Crippen molar-refractivity contribution in [3.8, 4) is 0 Å². The summed E-state index contributed by atoms with van der Waals surface area (Å²) in [7, 11) is 1.55. The summed E-state index contributed by atoms with van der Waals surface area (Å²) in [5.41, 5.74) is 2.07. The van der Waals surface area contributed by atoms with E-state index in [0.717, 1.165) is 12.0 Å². The predicted molar refractivity (Wildman–Crippen MR) is 79.7 cm³/mol. The first-order valence-corrected chi connectivity index (χ1v) is 7.39. The molecule has 1 aromatic rings. The summed E-state index contributed by atoms with van der Waals surface area (Å²) < 4.78 is 4.85. The topological polar surface area (TPSA) is 26.3 Å². The number of hydrogen-bond donors (Lipinski definition) is 0. The van der Waals surface area contributed by atoms with Gasteiger partial charge in [0.25, 0.3) is 0 Å². The van der Waals surface area contributed by atoms with Gasteiger partial charge < -0.3 is 4.74 Å². The molecule has 2 nitrogen and oxygen atoms in total. The van der Waals surface area contributed by atoms with Crippen molar-refractivity contribution in [2.75, 3.05) is 13.7 Å². The summed E-state index contributed by atoms with van der Waals surface area (Å²) in [6.07, 6.45) is 9.04. The number of aryl methyl sites for hydroxylation is 1. The lowest BCUT2D eigenvalue weighted by atomic mass is 10.0. The van der Waals surface area contributed by atoms with Crippen LogP contribution in [0, 0.1) is 0 Å². The van der Waals surface area contributed by atoms with Gasteiger partial charge in [-0.1, -0.05) is 63.3 Å². The fourth-order valence-electron chi connectivity index (χ4n) is 2.18. The zero-order chi connectivity index (χ0) is 13.9. The van der Waals surface area contributed by atoms with Crippen LogP contribution in [0.4, 0.5) is 0 Å². The first kappa shape index (κ1) is 15.9. The molecule has 0 aliphatic rings. The molecule has 0 heterocycles. The fraction of sp³-hybridized carbons (Fsp3) is 0.588. The van der Waals surface area contributed by atoms with Crippen molar-refractivity contribution in [3.05, 3.63) is 35.4 Å². The average molecular weight is 262 g/mol. The Balaban J connectivity index is 2.26. The molecule has 0 radical (unpaired) electrons. The Labute approximate surface area is 117 Å². The van der Waals surface area contributed by atoms with Crippen molar-refractivity contribution in [1.82, 2.24) is 0 Å². The van der Waals surface area contributed by atoms with Crippen molar-refractivity contribution in [2.24, 2.45) is 0 Å². The summed E-state index contributed by atoms with van der Waals surface area (Å²) >= 11 is 0. The van der Waals surface area contributed by atoms with E-state index in [4.69, 9.17) is 4.74 Å². The van der Waals surface area contributed by atoms with Crippen LogP contribution in [0.15, 0.2) is 24.3 Å². The first-order chi connectivity index (χ1) is 9.27. The van der Waals surface area contributed by atoms with E-state index in [-0.39, 0.29) is 12.4 Å². The Morgan fingerprint density at radius 3 is 2.26 bits per heavy atom. The largest absolute Gasteiger partial charge is 0.377 e. The Morgan fingerprint density at radius 1 is 1.00 bits per heavy atom. The van der Waals surface area contributed by atoms with Gasteiger partial charge >= 0.3 is 0 Å². The summed E-state index contributed by atoms with van der Waals surface area (Å²) in [6.45, 7) is 2.41. The lowest BCUT2D eigenvalue weighted by Crippen LogP contribution is -2.06. The van der Waals surface area contributed by atoms with E-state index in [2.05, 4.69) is 19.1 Å². The number of methoxy groups -OCH3 is 1. The molecule has 0 saturated carbocycles. The van der Waals surface area contributed by atoms with Crippen LogP contribution in [-0.2, 0) is 11.2 Å². The molecular formula is C17H26O2. The number of rotatable bonds is 10. The normalized spacial score (nSPS) is 10.6. The number of Topliss-reactive ketones (excluding diaryl/α,β-unsaturated/α-hetero) is 1. The molecule has 0 bridgehead atoms. The summed E-state index contributed by atoms with van der Waals surface area (Å²) in [4.78, 5) is 11.6. The predicted octanol–water partition coefficient (Wildman–Crippen LogP) is 4.42. The fourth-order valence-corrected chi connectivity index (χ4v) is 2.18. The highest BCUT2D eigenvalue weighted by molar-refractivity contribution is 5.97. The van der Waals surface area contributed by atoms with Gasteiger partial charge in [0.05, 0.1) is 0 Å². The van der Waals surface area contributed by atoms with Crippen LogP contribution in [0.1, 0.15) is 61.4 Å². The standard InChI is InChI=1S/C17H26O2/c1-3-4-5-6-7-8-9-15-10-12-16(13-11-15)17(18)14-19-2/h10-13H,3-9,14H2,1-2H3. The molecule has 0 N–H and O–H groups in total. The minimum atomic E-state index is 0.0496. The Bertz CT molecular complexity index is 354. The smallest absolute Gasteiger partial charge is 0.188 e. The van der Waals surface area contributed by atoms with E-state index in [9.17, 15) is 4.79 Å². The van der Waals surface area contributed by atoms with E-state index in [1.54, 1.807) is 7.11 Å². The molecule has 0 aliphatic carbocycles. The monoisotopic (exact) mass is 262 g/mol. The minimum Gasteiger partial charge on any atom is -0.377 e. The van der Waals surface area contributed by atoms with E-state index < -0.39 is 0 Å².